The average molecular weight is 305 g/mol. The summed E-state index contributed by atoms with van der Waals surface area (Å²) in [6, 6.07) is 8.54. The van der Waals surface area contributed by atoms with E-state index >= 15 is 0 Å². The lowest BCUT2D eigenvalue weighted by molar-refractivity contribution is 0.234. The van der Waals surface area contributed by atoms with Gasteiger partial charge in [-0.3, -0.25) is 4.90 Å². The minimum Gasteiger partial charge on any atom is -0.335 e. The van der Waals surface area contributed by atoms with Gasteiger partial charge in [-0.15, -0.1) is 0 Å². The van der Waals surface area contributed by atoms with Crippen molar-refractivity contribution in [1.82, 2.24) is 15.5 Å². The lowest BCUT2D eigenvalue weighted by Crippen LogP contribution is -2.42. The Morgan fingerprint density at radius 1 is 1.05 bits per heavy atom. The minimum atomic E-state index is -0.103. The molecule has 124 valence electrons. The first-order chi connectivity index (χ1) is 10.5. The smallest absolute Gasteiger partial charge is 0.315 e. The van der Waals surface area contributed by atoms with Crippen molar-refractivity contribution in [2.24, 2.45) is 5.92 Å². The van der Waals surface area contributed by atoms with Crippen LogP contribution in [0.2, 0.25) is 0 Å². The molecule has 1 aromatic carbocycles. The molecule has 1 rings (SSSR count). The van der Waals surface area contributed by atoms with Gasteiger partial charge in [-0.05, 0) is 37.1 Å². The minimum absolute atomic E-state index is 0.103. The number of amides is 2. The Balaban J connectivity index is 2.43. The highest BCUT2D eigenvalue weighted by Crippen LogP contribution is 2.07. The summed E-state index contributed by atoms with van der Waals surface area (Å²) in [6.07, 6.45) is 0. The fourth-order valence-electron chi connectivity index (χ4n) is 2.07. The third-order valence-corrected chi connectivity index (χ3v) is 4.14. The van der Waals surface area contributed by atoms with E-state index in [1.807, 2.05) is 6.92 Å². The maximum atomic E-state index is 11.8. The Morgan fingerprint density at radius 2 is 1.59 bits per heavy atom. The average Bonchev–Trinajstić information content (AvgIpc) is 2.51. The van der Waals surface area contributed by atoms with Crippen LogP contribution in [-0.2, 0) is 13.1 Å². The molecule has 1 unspecified atom stereocenters. The lowest BCUT2D eigenvalue weighted by Gasteiger charge is -2.18. The zero-order valence-electron chi connectivity index (χ0n) is 14.6. The molecule has 1 aromatic rings. The first-order valence-corrected chi connectivity index (χ1v) is 8.30. The number of hydrogen-bond donors (Lipinski definition) is 2. The summed E-state index contributed by atoms with van der Waals surface area (Å²) in [4.78, 5) is 14.2. The van der Waals surface area contributed by atoms with E-state index in [-0.39, 0.29) is 12.1 Å². The highest BCUT2D eigenvalue weighted by Gasteiger charge is 2.10. The highest BCUT2D eigenvalue weighted by atomic mass is 16.2. The molecule has 0 aromatic heterocycles. The van der Waals surface area contributed by atoms with Crippen LogP contribution >= 0.6 is 0 Å². The number of nitrogens with one attached hydrogen (secondary N) is 2. The quantitative estimate of drug-likeness (QED) is 0.773. The van der Waals surface area contributed by atoms with Gasteiger partial charge < -0.3 is 10.6 Å². The van der Waals surface area contributed by atoms with Crippen LogP contribution in [0.3, 0.4) is 0 Å². The molecule has 0 fully saturated rings. The normalized spacial score (nSPS) is 12.5. The SMILES string of the molecule is CCN(CC)Cc1ccc(CNC(=O)NC(C)C(C)C)cc1. The second kappa shape index (κ2) is 9.46. The number of rotatable bonds is 8. The van der Waals surface area contributed by atoms with Crippen molar-refractivity contribution in [1.29, 1.82) is 0 Å². The Kier molecular flexibility index (Phi) is 7.96. The number of hydrogen-bond acceptors (Lipinski definition) is 2. The van der Waals surface area contributed by atoms with E-state index < -0.39 is 0 Å². The van der Waals surface area contributed by atoms with Gasteiger partial charge in [-0.1, -0.05) is 52.0 Å². The predicted octanol–water partition coefficient (Wildman–Crippen LogP) is 3.37. The molecule has 2 amide bonds. The number of benzene rings is 1. The van der Waals surface area contributed by atoms with Crippen LogP contribution in [0.1, 0.15) is 45.7 Å². The first kappa shape index (κ1) is 18.5. The number of carbonyl (C=O) groups excluding carboxylic acids is 1. The van der Waals surface area contributed by atoms with Crippen molar-refractivity contribution in [3.63, 3.8) is 0 Å². The Bertz CT molecular complexity index is 438. The van der Waals surface area contributed by atoms with E-state index in [0.29, 0.717) is 12.5 Å². The van der Waals surface area contributed by atoms with Gasteiger partial charge in [0.15, 0.2) is 0 Å². The summed E-state index contributed by atoms with van der Waals surface area (Å²) < 4.78 is 0. The predicted molar refractivity (Wildman–Crippen MR) is 92.7 cm³/mol. The second-order valence-electron chi connectivity index (χ2n) is 6.14. The number of nitrogens with zero attached hydrogens (tertiary/aromatic N) is 1. The van der Waals surface area contributed by atoms with Crippen molar-refractivity contribution in [2.45, 2.75) is 53.8 Å². The molecule has 4 nitrogen and oxygen atoms in total. The van der Waals surface area contributed by atoms with Crippen molar-refractivity contribution in [3.8, 4) is 0 Å². The fraction of sp³-hybridized carbons (Fsp3) is 0.611. The zero-order valence-corrected chi connectivity index (χ0v) is 14.6. The van der Waals surface area contributed by atoms with Gasteiger partial charge in [0.2, 0.25) is 0 Å². The molecular weight excluding hydrogens is 274 g/mol. The summed E-state index contributed by atoms with van der Waals surface area (Å²) in [7, 11) is 0. The van der Waals surface area contributed by atoms with E-state index in [1.54, 1.807) is 0 Å². The van der Waals surface area contributed by atoms with Crippen LogP contribution in [0.4, 0.5) is 4.79 Å². The molecule has 2 N–H and O–H groups in total. The second-order valence-corrected chi connectivity index (χ2v) is 6.14. The van der Waals surface area contributed by atoms with Crippen molar-refractivity contribution < 1.29 is 4.79 Å². The summed E-state index contributed by atoms with van der Waals surface area (Å²) in [5.74, 6) is 0.435. The summed E-state index contributed by atoms with van der Waals surface area (Å²) >= 11 is 0. The maximum Gasteiger partial charge on any atom is 0.315 e. The van der Waals surface area contributed by atoms with Crippen molar-refractivity contribution in [2.75, 3.05) is 13.1 Å². The Hall–Kier alpha value is -1.55. The molecular formula is C18H31N3O. The molecule has 22 heavy (non-hydrogen) atoms. The van der Waals surface area contributed by atoms with E-state index in [2.05, 4.69) is 67.5 Å². The molecule has 0 spiro atoms. The molecule has 4 heteroatoms. The van der Waals surface area contributed by atoms with Crippen molar-refractivity contribution in [3.05, 3.63) is 35.4 Å². The third-order valence-electron chi connectivity index (χ3n) is 4.14. The number of urea groups is 1. The molecule has 1 atom stereocenters. The summed E-state index contributed by atoms with van der Waals surface area (Å²) in [6.45, 7) is 14.2. The van der Waals surface area contributed by atoms with Crippen LogP contribution in [0.15, 0.2) is 24.3 Å². The molecule has 0 bridgehead atoms. The van der Waals surface area contributed by atoms with E-state index in [0.717, 1.165) is 25.2 Å². The first-order valence-electron chi connectivity index (χ1n) is 8.30. The van der Waals surface area contributed by atoms with Crippen LogP contribution in [-0.4, -0.2) is 30.1 Å². The fourth-order valence-corrected chi connectivity index (χ4v) is 2.07. The van der Waals surface area contributed by atoms with E-state index in [4.69, 9.17) is 0 Å². The number of carbonyl (C=O) groups is 1. The third kappa shape index (κ3) is 6.48. The van der Waals surface area contributed by atoms with Gasteiger partial charge in [0.25, 0.3) is 0 Å². The molecule has 0 saturated heterocycles. The standard InChI is InChI=1S/C18H31N3O/c1-6-21(7-2)13-17-10-8-16(9-11-17)12-19-18(22)20-15(5)14(3)4/h8-11,14-15H,6-7,12-13H2,1-5H3,(H2,19,20,22). The van der Waals surface area contributed by atoms with E-state index in [9.17, 15) is 4.79 Å². The van der Waals surface area contributed by atoms with Gasteiger partial charge in [0, 0.05) is 19.1 Å². The van der Waals surface area contributed by atoms with Crippen LogP contribution < -0.4 is 10.6 Å². The molecule has 0 saturated carbocycles. The largest absolute Gasteiger partial charge is 0.335 e. The van der Waals surface area contributed by atoms with E-state index in [1.165, 1.54) is 5.56 Å². The monoisotopic (exact) mass is 305 g/mol. The van der Waals surface area contributed by atoms with Crippen LogP contribution in [0, 0.1) is 5.92 Å². The van der Waals surface area contributed by atoms with Gasteiger partial charge in [-0.25, -0.2) is 4.79 Å². The molecule has 0 aliphatic heterocycles. The summed E-state index contributed by atoms with van der Waals surface area (Å²) in [5.41, 5.74) is 2.43. The van der Waals surface area contributed by atoms with Gasteiger partial charge in [0.05, 0.1) is 0 Å². The summed E-state index contributed by atoms with van der Waals surface area (Å²) in [5, 5.41) is 5.85. The Morgan fingerprint density at radius 3 is 2.09 bits per heavy atom. The van der Waals surface area contributed by atoms with Gasteiger partial charge in [0.1, 0.15) is 0 Å². The maximum absolute atomic E-state index is 11.8. The topological polar surface area (TPSA) is 44.4 Å². The zero-order chi connectivity index (χ0) is 16.5. The van der Waals surface area contributed by atoms with Gasteiger partial charge >= 0.3 is 6.03 Å². The molecule has 0 heterocycles. The van der Waals surface area contributed by atoms with Gasteiger partial charge in [-0.2, -0.15) is 0 Å². The Labute approximate surface area is 135 Å². The molecule has 0 radical (unpaired) electrons. The van der Waals surface area contributed by atoms with Crippen molar-refractivity contribution >= 4 is 6.03 Å². The van der Waals surface area contributed by atoms with Crippen LogP contribution in [0.25, 0.3) is 0 Å². The lowest BCUT2D eigenvalue weighted by atomic mass is 10.1. The molecule has 0 aliphatic carbocycles. The van der Waals surface area contributed by atoms with Crippen LogP contribution in [0.5, 0.6) is 0 Å². The highest BCUT2D eigenvalue weighted by molar-refractivity contribution is 5.74. The molecule has 0 aliphatic rings.